The van der Waals surface area contributed by atoms with Gasteiger partial charge in [-0.15, -0.1) is 0 Å². The molecular weight excluding hydrogens is 807 g/mol. The van der Waals surface area contributed by atoms with E-state index < -0.39 is 38.2 Å². The average molecular weight is 861 g/mol. The highest BCUT2D eigenvalue weighted by Crippen LogP contribution is 2.35. The van der Waals surface area contributed by atoms with Crippen molar-refractivity contribution < 1.29 is 41.3 Å². The number of halogens is 2. The first kappa shape index (κ1) is 45.1. The van der Waals surface area contributed by atoms with Crippen molar-refractivity contribution in [1.82, 2.24) is 28.9 Å². The van der Waals surface area contributed by atoms with Crippen molar-refractivity contribution in [2.24, 2.45) is 0 Å². The second-order valence-electron chi connectivity index (χ2n) is 16.3. The second kappa shape index (κ2) is 19.1. The van der Waals surface area contributed by atoms with Crippen LogP contribution in [0.4, 0.5) is 8.78 Å². The molecule has 0 unspecified atom stereocenters. The van der Waals surface area contributed by atoms with Crippen molar-refractivity contribution in [3.63, 3.8) is 0 Å². The molecule has 61 heavy (non-hydrogen) atoms. The largest absolute Gasteiger partial charge is 0.497 e. The molecule has 0 aliphatic carbocycles. The van der Waals surface area contributed by atoms with Crippen LogP contribution in [0.25, 0.3) is 11.1 Å². The lowest BCUT2D eigenvalue weighted by Crippen LogP contribution is -2.45. The summed E-state index contributed by atoms with van der Waals surface area (Å²) in [6.45, 7) is 9.90. The van der Waals surface area contributed by atoms with Gasteiger partial charge in [-0.2, -0.15) is 9.40 Å². The molecule has 326 valence electrons. The van der Waals surface area contributed by atoms with Crippen molar-refractivity contribution >= 4 is 16.0 Å². The number of pyridine rings is 1. The monoisotopic (exact) mass is 860 g/mol. The van der Waals surface area contributed by atoms with Gasteiger partial charge in [0.05, 0.1) is 31.9 Å². The number of rotatable bonds is 18. The Hall–Kier alpha value is -5.42. The molecule has 3 heterocycles. The molecule has 3 aromatic carbocycles. The van der Waals surface area contributed by atoms with Gasteiger partial charge in [-0.3, -0.25) is 14.4 Å². The lowest BCUT2D eigenvalue weighted by molar-refractivity contribution is -0.136. The van der Waals surface area contributed by atoms with Crippen LogP contribution in [0.5, 0.6) is 17.4 Å². The van der Waals surface area contributed by atoms with Crippen molar-refractivity contribution in [3.05, 3.63) is 119 Å². The Morgan fingerprint density at radius 1 is 0.902 bits per heavy atom. The Morgan fingerprint density at radius 3 is 2.03 bits per heavy atom. The van der Waals surface area contributed by atoms with Crippen LogP contribution in [-0.4, -0.2) is 102 Å². The number of ether oxygens (including phenoxy) is 3. The number of likely N-dealkylation sites (N-methyl/N-ethyl adjacent to an activating group) is 1. The fourth-order valence-electron chi connectivity index (χ4n) is 7.40. The molecule has 6 rings (SSSR count). The third-order valence-corrected chi connectivity index (χ3v) is 12.6. The van der Waals surface area contributed by atoms with Crippen LogP contribution < -0.4 is 14.2 Å². The summed E-state index contributed by atoms with van der Waals surface area (Å²) in [5.74, 6) is -1.27. The molecule has 0 spiro atoms. The molecule has 0 radical (unpaired) electrons. The number of sulfonamides is 1. The highest BCUT2D eigenvalue weighted by molar-refractivity contribution is 7.89. The van der Waals surface area contributed by atoms with Crippen molar-refractivity contribution in [3.8, 4) is 28.5 Å². The zero-order chi connectivity index (χ0) is 44.1. The van der Waals surface area contributed by atoms with Crippen LogP contribution >= 0.6 is 0 Å². The van der Waals surface area contributed by atoms with Crippen LogP contribution in [0.2, 0.25) is 0 Å². The number of aliphatic carboxylic acids is 1. The molecule has 0 amide bonds. The Kier molecular flexibility index (Phi) is 14.1. The van der Waals surface area contributed by atoms with Crippen molar-refractivity contribution in [1.29, 1.82) is 0 Å². The van der Waals surface area contributed by atoms with Crippen LogP contribution in [0.1, 0.15) is 61.6 Å². The topological polar surface area (TPSA) is 140 Å². The zero-order valence-corrected chi connectivity index (χ0v) is 36.5. The molecule has 1 N–H and O–H groups in total. The molecule has 2 aromatic heterocycles. The lowest BCUT2D eigenvalue weighted by atomic mass is 9.88. The van der Waals surface area contributed by atoms with E-state index in [1.165, 1.54) is 27.3 Å². The van der Waals surface area contributed by atoms with Gasteiger partial charge in [0, 0.05) is 58.1 Å². The predicted molar refractivity (Wildman–Crippen MR) is 227 cm³/mol. The number of aromatic nitrogens is 3. The number of hydrogen-bond donors (Lipinski definition) is 1. The minimum absolute atomic E-state index is 0.0783. The van der Waals surface area contributed by atoms with E-state index >= 15 is 4.39 Å². The number of piperazine rings is 1. The normalized spacial score (nSPS) is 14.1. The zero-order valence-electron chi connectivity index (χ0n) is 35.7. The number of carboxylic acids is 1. The Morgan fingerprint density at radius 2 is 1.49 bits per heavy atom. The average Bonchev–Trinajstić information content (AvgIpc) is 3.58. The van der Waals surface area contributed by atoms with Gasteiger partial charge in [0.15, 0.2) is 5.82 Å². The number of carboxylic acid groups (broad SMARTS) is 1. The summed E-state index contributed by atoms with van der Waals surface area (Å²) in [4.78, 5) is 20.5. The molecule has 1 saturated heterocycles. The maximum absolute atomic E-state index is 17.2. The highest BCUT2D eigenvalue weighted by Gasteiger charge is 2.38. The third kappa shape index (κ3) is 10.7. The van der Waals surface area contributed by atoms with E-state index in [2.05, 4.69) is 19.9 Å². The molecule has 1 aliphatic rings. The van der Waals surface area contributed by atoms with Gasteiger partial charge in [-0.05, 0) is 103 Å². The Balaban J connectivity index is 1.37. The summed E-state index contributed by atoms with van der Waals surface area (Å²) in [6, 6.07) is 19.9. The molecule has 13 nitrogen and oxygen atoms in total. The molecule has 0 bridgehead atoms. The molecule has 1 fully saturated rings. The van der Waals surface area contributed by atoms with Gasteiger partial charge in [0.2, 0.25) is 10.9 Å². The van der Waals surface area contributed by atoms with Crippen LogP contribution in [0.15, 0.2) is 84.0 Å². The summed E-state index contributed by atoms with van der Waals surface area (Å²) < 4.78 is 81.2. The first-order valence-electron chi connectivity index (χ1n) is 20.1. The van der Waals surface area contributed by atoms with Gasteiger partial charge >= 0.3 is 5.97 Å². The van der Waals surface area contributed by atoms with E-state index in [0.717, 1.165) is 13.1 Å². The molecular formula is C45H54F2N6O7S. The number of carbonyl (C=O) groups is 1. The summed E-state index contributed by atoms with van der Waals surface area (Å²) in [6.07, 6.45) is 1.18. The van der Waals surface area contributed by atoms with Crippen molar-refractivity contribution in [2.75, 3.05) is 54.1 Å². The number of methoxy groups -OCH3 is 2. The second-order valence-corrected chi connectivity index (χ2v) is 18.1. The summed E-state index contributed by atoms with van der Waals surface area (Å²) in [5, 5.41) is 13.6. The first-order valence-corrected chi connectivity index (χ1v) is 21.5. The van der Waals surface area contributed by atoms with Gasteiger partial charge < -0.3 is 24.2 Å². The third-order valence-electron chi connectivity index (χ3n) is 10.9. The van der Waals surface area contributed by atoms with Gasteiger partial charge in [0.25, 0.3) is 10.0 Å². The number of hydrogen-bond acceptors (Lipinski definition) is 10. The minimum atomic E-state index is -4.59. The maximum atomic E-state index is 17.2. The molecule has 0 atom stereocenters. The summed E-state index contributed by atoms with van der Waals surface area (Å²) in [7, 11) is 0.515. The summed E-state index contributed by atoms with van der Waals surface area (Å²) in [5.41, 5.74) is 2.26. The fraction of sp³-hybridized carbons (Fsp3) is 0.400. The molecule has 1 aliphatic heterocycles. The first-order chi connectivity index (χ1) is 29.0. The van der Waals surface area contributed by atoms with E-state index in [1.807, 2.05) is 20.9 Å². The molecule has 0 saturated carbocycles. The minimum Gasteiger partial charge on any atom is -0.497 e. The molecule has 5 aromatic rings. The van der Waals surface area contributed by atoms with Crippen LogP contribution in [-0.2, 0) is 46.4 Å². The van der Waals surface area contributed by atoms with Gasteiger partial charge in [-0.1, -0.05) is 38.1 Å². The summed E-state index contributed by atoms with van der Waals surface area (Å²) >= 11 is 0. The van der Waals surface area contributed by atoms with Crippen LogP contribution in [0, 0.1) is 11.6 Å². The van der Waals surface area contributed by atoms with E-state index in [1.54, 1.807) is 88.7 Å². The maximum Gasteiger partial charge on any atom is 0.307 e. The smallest absolute Gasteiger partial charge is 0.307 e. The number of benzene rings is 3. The standard InChI is InChI=1S/C45H54F2N6O7S/c1-30(2)37-23-34(46)24-38(39(37)25-42(54)55)33-16-17-48-41(22-33)60-29-45(3,4)53-40(28-51-20-18-50(5)19-21-51)43(47)44(49-53)61(56,57)52(26-31-8-12-35(58-6)13-9-31)27-32-10-14-36(59-7)15-11-32/h8-17,22-24,30H,18-21,25-29H2,1-7H3,(H,54,55). The van der Waals surface area contributed by atoms with E-state index in [0.29, 0.717) is 58.0 Å². The van der Waals surface area contributed by atoms with Crippen LogP contribution in [0.3, 0.4) is 0 Å². The Labute approximate surface area is 356 Å². The van der Waals surface area contributed by atoms with Crippen molar-refractivity contribution in [2.45, 2.75) is 70.2 Å². The molecule has 16 heteroatoms. The fourth-order valence-corrected chi connectivity index (χ4v) is 8.81. The van der Waals surface area contributed by atoms with Gasteiger partial charge in [0.1, 0.15) is 23.9 Å². The van der Waals surface area contributed by atoms with Gasteiger partial charge in [-0.25, -0.2) is 22.2 Å². The Bertz CT molecular complexity index is 2370. The lowest BCUT2D eigenvalue weighted by Gasteiger charge is -2.33. The highest BCUT2D eigenvalue weighted by atomic mass is 32.2. The van der Waals surface area contributed by atoms with E-state index in [9.17, 15) is 22.7 Å². The number of nitrogens with zero attached hydrogens (tertiary/aromatic N) is 6. The van der Waals surface area contributed by atoms with E-state index in [4.69, 9.17) is 14.2 Å². The SMILES string of the molecule is COc1ccc(CN(Cc2ccc(OC)cc2)S(=O)(=O)c2nn(C(C)(C)COc3cc(-c4cc(F)cc(C(C)C)c4CC(=O)O)ccn3)c(CN3CCN(C)CC3)c2F)cc1. The quantitative estimate of drug-likeness (QED) is 0.0981. The van der Waals surface area contributed by atoms with E-state index in [-0.39, 0.29) is 50.2 Å². The predicted octanol–water partition coefficient (Wildman–Crippen LogP) is 6.94.